The van der Waals surface area contributed by atoms with Gasteiger partial charge in [0.25, 0.3) is 0 Å². The van der Waals surface area contributed by atoms with Crippen molar-refractivity contribution in [1.29, 1.82) is 0 Å². The van der Waals surface area contributed by atoms with Gasteiger partial charge in [-0.15, -0.1) is 0 Å². The van der Waals surface area contributed by atoms with Crippen molar-refractivity contribution in [3.8, 4) is 0 Å². The zero-order valence-electron chi connectivity index (χ0n) is 10.4. The van der Waals surface area contributed by atoms with Crippen molar-refractivity contribution in [2.24, 2.45) is 0 Å². The van der Waals surface area contributed by atoms with Gasteiger partial charge in [0.1, 0.15) is 0 Å². The Morgan fingerprint density at radius 3 is 2.56 bits per heavy atom. The monoisotopic (exact) mass is 222 g/mol. The first-order valence-corrected chi connectivity index (χ1v) is 5.89. The van der Waals surface area contributed by atoms with Crippen LogP contribution < -0.4 is 10.6 Å². The van der Waals surface area contributed by atoms with Crippen molar-refractivity contribution in [1.82, 2.24) is 0 Å². The summed E-state index contributed by atoms with van der Waals surface area (Å²) >= 11 is 0. The highest BCUT2D eigenvalue weighted by molar-refractivity contribution is 5.58. The van der Waals surface area contributed by atoms with Gasteiger partial charge in [-0.3, -0.25) is 0 Å². The second kappa shape index (κ2) is 5.75. The van der Waals surface area contributed by atoms with E-state index in [1.807, 2.05) is 12.1 Å². The quantitative estimate of drug-likeness (QED) is 0.750. The number of aryl methyl sites for hydroxylation is 1. The molecule has 0 saturated heterocycles. The third-order valence-corrected chi connectivity index (χ3v) is 2.74. The number of likely N-dealkylation sites (N-methyl/N-ethyl adjacent to an activating group) is 1. The number of aliphatic hydroxyl groups excluding tert-OH is 1. The maximum Gasteiger partial charge on any atom is 0.0687 e. The molecule has 0 aliphatic heterocycles. The Morgan fingerprint density at radius 1 is 1.38 bits per heavy atom. The summed E-state index contributed by atoms with van der Waals surface area (Å²) in [6, 6.07) is 6.07. The van der Waals surface area contributed by atoms with Crippen molar-refractivity contribution < 1.29 is 5.11 Å². The molecule has 0 heterocycles. The highest BCUT2D eigenvalue weighted by Gasteiger charge is 2.08. The number of hydrogen-bond donors (Lipinski definition) is 2. The fourth-order valence-corrected chi connectivity index (χ4v) is 1.83. The molecule has 1 aromatic rings. The first-order valence-electron chi connectivity index (χ1n) is 5.89. The lowest BCUT2D eigenvalue weighted by Crippen LogP contribution is -2.30. The minimum absolute atomic E-state index is 0.317. The van der Waals surface area contributed by atoms with E-state index >= 15 is 0 Å². The molecule has 1 unspecified atom stereocenters. The number of nitrogen functional groups attached to an aromatic ring is 1. The third-order valence-electron chi connectivity index (χ3n) is 2.74. The van der Waals surface area contributed by atoms with Crippen molar-refractivity contribution in [3.05, 3.63) is 23.8 Å². The summed E-state index contributed by atoms with van der Waals surface area (Å²) in [6.45, 7) is 7.53. The number of nitrogens with two attached hydrogens (primary N) is 1. The van der Waals surface area contributed by atoms with Gasteiger partial charge in [0.05, 0.1) is 6.10 Å². The van der Waals surface area contributed by atoms with E-state index in [1.165, 1.54) is 5.56 Å². The van der Waals surface area contributed by atoms with Gasteiger partial charge in [-0.25, -0.2) is 0 Å². The summed E-state index contributed by atoms with van der Waals surface area (Å²) in [4.78, 5) is 2.16. The minimum atomic E-state index is -0.317. The molecule has 3 nitrogen and oxygen atoms in total. The summed E-state index contributed by atoms with van der Waals surface area (Å²) in [7, 11) is 0. The Balaban J connectivity index is 2.92. The molecule has 1 atom stereocenters. The third kappa shape index (κ3) is 3.14. The maximum atomic E-state index is 9.43. The van der Waals surface area contributed by atoms with Crippen LogP contribution in [0.2, 0.25) is 0 Å². The van der Waals surface area contributed by atoms with Crippen molar-refractivity contribution in [3.63, 3.8) is 0 Å². The normalized spacial score (nSPS) is 12.5. The van der Waals surface area contributed by atoms with Crippen LogP contribution >= 0.6 is 0 Å². The van der Waals surface area contributed by atoms with Crippen LogP contribution in [0.25, 0.3) is 0 Å². The van der Waals surface area contributed by atoms with Gasteiger partial charge >= 0.3 is 0 Å². The van der Waals surface area contributed by atoms with Gasteiger partial charge in [0, 0.05) is 24.5 Å². The molecule has 0 fully saturated rings. The molecule has 0 amide bonds. The molecule has 0 spiro atoms. The van der Waals surface area contributed by atoms with Gasteiger partial charge in [-0.05, 0) is 44.0 Å². The Bertz CT molecular complexity index is 337. The van der Waals surface area contributed by atoms with Crippen LogP contribution in [0.5, 0.6) is 0 Å². The summed E-state index contributed by atoms with van der Waals surface area (Å²) in [5.41, 5.74) is 9.02. The molecule has 1 aromatic carbocycles. The highest BCUT2D eigenvalue weighted by atomic mass is 16.3. The van der Waals surface area contributed by atoms with Gasteiger partial charge in [0.2, 0.25) is 0 Å². The molecule has 1 rings (SSSR count). The van der Waals surface area contributed by atoms with E-state index in [0.717, 1.165) is 24.3 Å². The summed E-state index contributed by atoms with van der Waals surface area (Å²) < 4.78 is 0. The lowest BCUT2D eigenvalue weighted by molar-refractivity contribution is 0.200. The number of nitrogens with zero attached hydrogens (tertiary/aromatic N) is 1. The second-order valence-corrected chi connectivity index (χ2v) is 4.12. The van der Waals surface area contributed by atoms with Crippen LogP contribution in [0.4, 0.5) is 11.4 Å². The summed E-state index contributed by atoms with van der Waals surface area (Å²) in [6.07, 6.45) is 0.619. The molecule has 3 N–H and O–H groups in total. The van der Waals surface area contributed by atoms with Crippen LogP contribution in [0, 0.1) is 0 Å². The lowest BCUT2D eigenvalue weighted by atomic mass is 10.1. The van der Waals surface area contributed by atoms with E-state index in [-0.39, 0.29) is 6.10 Å². The SMILES string of the molecule is CCc1cc(N(CC)CC(C)O)ccc1N. The van der Waals surface area contributed by atoms with Gasteiger partial charge in [-0.2, -0.15) is 0 Å². The molecular formula is C13H22N2O. The lowest BCUT2D eigenvalue weighted by Gasteiger charge is -2.25. The Labute approximate surface area is 97.9 Å². The van der Waals surface area contributed by atoms with E-state index < -0.39 is 0 Å². The smallest absolute Gasteiger partial charge is 0.0687 e. The first-order chi connectivity index (χ1) is 7.58. The van der Waals surface area contributed by atoms with E-state index in [2.05, 4.69) is 24.8 Å². The van der Waals surface area contributed by atoms with Crippen LogP contribution in [0.3, 0.4) is 0 Å². The average molecular weight is 222 g/mol. The molecule has 0 aliphatic rings. The largest absolute Gasteiger partial charge is 0.399 e. The summed E-state index contributed by atoms with van der Waals surface area (Å²) in [5.74, 6) is 0. The summed E-state index contributed by atoms with van der Waals surface area (Å²) in [5, 5.41) is 9.43. The Kier molecular flexibility index (Phi) is 4.62. The molecule has 90 valence electrons. The molecule has 0 aliphatic carbocycles. The fourth-order valence-electron chi connectivity index (χ4n) is 1.83. The first kappa shape index (κ1) is 12.8. The molecule has 3 heteroatoms. The zero-order valence-corrected chi connectivity index (χ0v) is 10.4. The average Bonchev–Trinajstić information content (AvgIpc) is 2.26. The predicted molar refractivity (Wildman–Crippen MR) is 69.8 cm³/mol. The van der Waals surface area contributed by atoms with Crippen molar-refractivity contribution in [2.75, 3.05) is 23.7 Å². The predicted octanol–water partition coefficient (Wildman–Crippen LogP) is 2.04. The maximum absolute atomic E-state index is 9.43. The topological polar surface area (TPSA) is 49.5 Å². The number of hydrogen-bond acceptors (Lipinski definition) is 3. The van der Waals surface area contributed by atoms with Crippen LogP contribution in [-0.4, -0.2) is 24.3 Å². The molecule has 16 heavy (non-hydrogen) atoms. The van der Waals surface area contributed by atoms with Gasteiger partial charge < -0.3 is 15.7 Å². The molecule has 0 bridgehead atoms. The van der Waals surface area contributed by atoms with E-state index in [9.17, 15) is 5.11 Å². The molecule has 0 saturated carbocycles. The van der Waals surface area contributed by atoms with Crippen LogP contribution in [-0.2, 0) is 6.42 Å². The Morgan fingerprint density at radius 2 is 2.06 bits per heavy atom. The minimum Gasteiger partial charge on any atom is -0.399 e. The fraction of sp³-hybridized carbons (Fsp3) is 0.538. The van der Waals surface area contributed by atoms with Crippen LogP contribution in [0.1, 0.15) is 26.3 Å². The van der Waals surface area contributed by atoms with Crippen LogP contribution in [0.15, 0.2) is 18.2 Å². The van der Waals surface area contributed by atoms with Gasteiger partial charge in [-0.1, -0.05) is 6.92 Å². The zero-order chi connectivity index (χ0) is 12.1. The number of anilines is 2. The Hall–Kier alpha value is -1.22. The number of benzene rings is 1. The second-order valence-electron chi connectivity index (χ2n) is 4.12. The van der Waals surface area contributed by atoms with Gasteiger partial charge in [0.15, 0.2) is 0 Å². The standard InChI is InChI=1S/C13H22N2O/c1-4-11-8-12(6-7-13(11)14)15(5-2)9-10(3)16/h6-8,10,16H,4-5,9,14H2,1-3H3. The van der Waals surface area contributed by atoms with E-state index in [0.29, 0.717) is 6.54 Å². The molecular weight excluding hydrogens is 200 g/mol. The van der Waals surface area contributed by atoms with Crippen molar-refractivity contribution >= 4 is 11.4 Å². The highest BCUT2D eigenvalue weighted by Crippen LogP contribution is 2.21. The number of rotatable bonds is 5. The van der Waals surface area contributed by atoms with E-state index in [1.54, 1.807) is 6.92 Å². The molecule has 0 aromatic heterocycles. The molecule has 0 radical (unpaired) electrons. The van der Waals surface area contributed by atoms with E-state index in [4.69, 9.17) is 5.73 Å². The van der Waals surface area contributed by atoms with Crippen molar-refractivity contribution in [2.45, 2.75) is 33.3 Å². The number of aliphatic hydroxyl groups is 1.